The fraction of sp³-hybridized carbons (Fsp3) is 0. The first-order valence-electron chi connectivity index (χ1n) is 21.8. The quantitative estimate of drug-likeness (QED) is 0.201. The van der Waals surface area contributed by atoms with Crippen molar-refractivity contribution in [3.05, 3.63) is 157 Å². The Balaban J connectivity index is 1.76. The van der Waals surface area contributed by atoms with Crippen LogP contribution in [0.4, 0.5) is 0 Å². The SMILES string of the molecule is [2H]c1c([2H])c([2H])c(-c2c3c([2H])c([2H])c([2H])c([2H])c3c(-c3ccc4ccccc4c3)c3c([2H])c([2H])c([2H])c([2H])c23)c(-c2c([2H])c([2H])c([2H])c3c([2H])c([2H])c([2H])c([2H])c23)c1[2H]. The molecular weight excluding hydrogens is 480 g/mol. The third kappa shape index (κ3) is 3.54. The van der Waals surface area contributed by atoms with Gasteiger partial charge in [-0.25, -0.2) is 0 Å². The second-order valence-electron chi connectivity index (χ2n) is 9.06. The van der Waals surface area contributed by atoms with Gasteiger partial charge in [0.1, 0.15) is 0 Å². The second kappa shape index (κ2) is 9.22. The van der Waals surface area contributed by atoms with Crippen LogP contribution in [0.5, 0.6) is 0 Å². The molecule has 8 aromatic carbocycles. The van der Waals surface area contributed by atoms with Crippen LogP contribution in [-0.4, -0.2) is 0 Å². The molecule has 186 valence electrons. The Kier molecular flexibility index (Phi) is 2.48. The summed E-state index contributed by atoms with van der Waals surface area (Å²) in [5, 5.41) is -0.962. The van der Waals surface area contributed by atoms with Gasteiger partial charge in [0.2, 0.25) is 0 Å². The molecule has 0 fully saturated rings. The molecular formula is C40H26. The van der Waals surface area contributed by atoms with Crippen LogP contribution < -0.4 is 0 Å². The molecule has 0 radical (unpaired) electrons. The smallest absolute Gasteiger partial charge is 0.0616 e. The van der Waals surface area contributed by atoms with Crippen LogP contribution in [0, 0.1) is 0 Å². The summed E-state index contributed by atoms with van der Waals surface area (Å²) in [6, 6.07) is -2.76. The van der Waals surface area contributed by atoms with Crippen molar-refractivity contribution in [1.82, 2.24) is 0 Å². The second-order valence-corrected chi connectivity index (χ2v) is 9.06. The van der Waals surface area contributed by atoms with Gasteiger partial charge >= 0.3 is 0 Å². The van der Waals surface area contributed by atoms with E-state index < -0.39 is 159 Å². The Hall–Kier alpha value is -5.20. The van der Waals surface area contributed by atoms with Crippen LogP contribution in [0.15, 0.2) is 157 Å². The maximum Gasteiger partial charge on any atom is 0.0629 e. The van der Waals surface area contributed by atoms with Gasteiger partial charge in [0.05, 0.1) is 26.0 Å². The molecule has 8 aromatic rings. The van der Waals surface area contributed by atoms with Crippen LogP contribution in [-0.2, 0) is 0 Å². The molecule has 0 spiro atoms. The third-order valence-electron chi connectivity index (χ3n) is 6.91. The number of fused-ring (bicyclic) bond motifs is 4. The Morgan fingerprint density at radius 3 is 1.60 bits per heavy atom. The van der Waals surface area contributed by atoms with Crippen molar-refractivity contribution in [3.8, 4) is 33.4 Å². The van der Waals surface area contributed by atoms with Gasteiger partial charge < -0.3 is 0 Å². The Labute approximate surface area is 260 Å². The van der Waals surface area contributed by atoms with Gasteiger partial charge in [-0.1, -0.05) is 151 Å². The van der Waals surface area contributed by atoms with Crippen LogP contribution in [0.1, 0.15) is 26.0 Å². The third-order valence-corrected chi connectivity index (χ3v) is 6.91. The average Bonchev–Trinajstić information content (AvgIpc) is 3.23. The van der Waals surface area contributed by atoms with Gasteiger partial charge in [-0.15, -0.1) is 0 Å². The lowest BCUT2D eigenvalue weighted by atomic mass is 9.83. The highest BCUT2D eigenvalue weighted by Crippen LogP contribution is 2.46. The molecule has 0 unspecified atom stereocenters. The highest BCUT2D eigenvalue weighted by atomic mass is 14.2. The summed E-state index contributed by atoms with van der Waals surface area (Å²) in [6.07, 6.45) is 0. The highest BCUT2D eigenvalue weighted by Gasteiger charge is 2.19. The van der Waals surface area contributed by atoms with Crippen molar-refractivity contribution < 1.29 is 26.0 Å². The van der Waals surface area contributed by atoms with Crippen LogP contribution in [0.25, 0.3) is 76.5 Å². The van der Waals surface area contributed by atoms with Crippen LogP contribution in [0.3, 0.4) is 0 Å². The fourth-order valence-corrected chi connectivity index (χ4v) is 5.20. The first kappa shape index (κ1) is 10.8. The zero-order valence-electron chi connectivity index (χ0n) is 39.5. The van der Waals surface area contributed by atoms with Gasteiger partial charge in [-0.05, 0) is 82.5 Å². The van der Waals surface area contributed by atoms with Gasteiger partial charge in [-0.2, -0.15) is 0 Å². The first-order chi connectivity index (χ1) is 27.8. The molecule has 0 N–H and O–H groups in total. The Bertz CT molecular complexity index is 3170. The molecule has 0 aliphatic carbocycles. The van der Waals surface area contributed by atoms with E-state index in [1.54, 1.807) is 30.3 Å². The molecule has 0 heteroatoms. The van der Waals surface area contributed by atoms with Crippen molar-refractivity contribution in [2.45, 2.75) is 0 Å². The van der Waals surface area contributed by atoms with Crippen LogP contribution >= 0.6 is 0 Å². The van der Waals surface area contributed by atoms with Crippen molar-refractivity contribution in [2.24, 2.45) is 0 Å². The first-order valence-corrected chi connectivity index (χ1v) is 12.3. The number of hydrogen-bond acceptors (Lipinski definition) is 0. The standard InChI is InChI=1S/C40H26/c1-2-14-29-26-30(25-24-27(29)12-1)39-35-19-7-9-21-37(35)40(38-22-10-8-20-36(38)39)34-18-6-5-17-33(34)32-23-11-15-28-13-3-4-16-31(28)32/h1-26H/i3D,4D,5D,6D,7D,8D,9D,10D,11D,13D,15D,16D,17D,18D,19D,20D,21D,22D,23D. The molecule has 0 bridgehead atoms. The van der Waals surface area contributed by atoms with Crippen molar-refractivity contribution in [2.75, 3.05) is 0 Å². The maximum absolute atomic E-state index is 9.44. The van der Waals surface area contributed by atoms with E-state index in [0.717, 1.165) is 5.39 Å². The van der Waals surface area contributed by atoms with Crippen molar-refractivity contribution in [3.63, 3.8) is 0 Å². The van der Waals surface area contributed by atoms with Crippen LogP contribution in [0.2, 0.25) is 0 Å². The topological polar surface area (TPSA) is 0 Å². The molecule has 0 atom stereocenters. The van der Waals surface area contributed by atoms with E-state index in [9.17, 15) is 8.22 Å². The lowest BCUT2D eigenvalue weighted by Crippen LogP contribution is -1.93. The lowest BCUT2D eigenvalue weighted by molar-refractivity contribution is 1.63. The van der Waals surface area contributed by atoms with E-state index in [0.29, 0.717) is 5.39 Å². The minimum atomic E-state index is -0.901. The molecule has 0 aromatic heterocycles. The van der Waals surface area contributed by atoms with E-state index in [-0.39, 0.29) is 21.9 Å². The summed E-state index contributed by atoms with van der Waals surface area (Å²) < 4.78 is 170. The van der Waals surface area contributed by atoms with E-state index in [1.165, 1.54) is 0 Å². The summed E-state index contributed by atoms with van der Waals surface area (Å²) >= 11 is 0. The van der Waals surface area contributed by atoms with E-state index >= 15 is 0 Å². The maximum atomic E-state index is 9.44. The molecule has 0 saturated carbocycles. The molecule has 40 heavy (non-hydrogen) atoms. The number of benzene rings is 8. The highest BCUT2D eigenvalue weighted by molar-refractivity contribution is 6.23. The monoisotopic (exact) mass is 525 g/mol. The van der Waals surface area contributed by atoms with Crippen molar-refractivity contribution >= 4 is 43.1 Å². The summed E-state index contributed by atoms with van der Waals surface area (Å²) in [5.41, 5.74) is -2.17. The zero-order chi connectivity index (χ0) is 43.0. The summed E-state index contributed by atoms with van der Waals surface area (Å²) in [4.78, 5) is 0. The molecule has 0 amide bonds. The Morgan fingerprint density at radius 1 is 0.350 bits per heavy atom. The normalized spacial score (nSPS) is 18.1. The minimum absolute atomic E-state index is 0.0290. The zero-order valence-corrected chi connectivity index (χ0v) is 20.5. The molecule has 0 saturated heterocycles. The molecule has 0 heterocycles. The summed E-state index contributed by atoms with van der Waals surface area (Å²) in [6.45, 7) is 0. The van der Waals surface area contributed by atoms with Gasteiger partial charge in [0, 0.05) is 0 Å². The fourth-order valence-electron chi connectivity index (χ4n) is 5.20. The predicted molar refractivity (Wildman–Crippen MR) is 173 cm³/mol. The van der Waals surface area contributed by atoms with E-state index in [2.05, 4.69) is 0 Å². The lowest BCUT2D eigenvalue weighted by Gasteiger charge is -2.20. The molecule has 0 aliphatic rings. The van der Waals surface area contributed by atoms with Crippen molar-refractivity contribution in [1.29, 1.82) is 0 Å². The van der Waals surface area contributed by atoms with E-state index in [1.807, 2.05) is 12.1 Å². The Morgan fingerprint density at radius 2 is 0.875 bits per heavy atom. The molecule has 8 rings (SSSR count). The van der Waals surface area contributed by atoms with Gasteiger partial charge in [0.25, 0.3) is 0 Å². The average molecular weight is 526 g/mol. The summed E-state index contributed by atoms with van der Waals surface area (Å²) in [7, 11) is 0. The largest absolute Gasteiger partial charge is 0.0629 e. The molecule has 0 aliphatic heterocycles. The summed E-state index contributed by atoms with van der Waals surface area (Å²) in [5.74, 6) is 0. The predicted octanol–water partition coefficient (Wildman–Crippen LogP) is 11.3. The number of hydrogen-bond donors (Lipinski definition) is 0. The van der Waals surface area contributed by atoms with Gasteiger partial charge in [-0.3, -0.25) is 0 Å². The van der Waals surface area contributed by atoms with Gasteiger partial charge in [0.15, 0.2) is 0 Å². The molecule has 0 nitrogen and oxygen atoms in total. The number of rotatable bonds is 3. The van der Waals surface area contributed by atoms with E-state index in [4.69, 9.17) is 17.8 Å². The minimum Gasteiger partial charge on any atom is -0.0616 e.